The topological polar surface area (TPSA) is 56.9 Å². The van der Waals surface area contributed by atoms with Crippen molar-refractivity contribution in [3.63, 3.8) is 0 Å². The summed E-state index contributed by atoms with van der Waals surface area (Å²) >= 11 is 1.73. The van der Waals surface area contributed by atoms with E-state index in [-0.39, 0.29) is 23.0 Å². The van der Waals surface area contributed by atoms with Gasteiger partial charge in [-0.15, -0.1) is 0 Å². The van der Waals surface area contributed by atoms with Gasteiger partial charge in [0, 0.05) is 6.42 Å². The molecule has 0 saturated heterocycles. The fourth-order valence-electron chi connectivity index (χ4n) is 4.53. The molecule has 0 radical (unpaired) electrons. The molecule has 0 unspecified atom stereocenters. The fraction of sp³-hybridized carbons (Fsp3) is 0.467. The Morgan fingerprint density at radius 2 is 1.29 bits per heavy atom. The van der Waals surface area contributed by atoms with Crippen molar-refractivity contribution in [1.29, 1.82) is 0 Å². The first-order chi connectivity index (χ1) is 16.8. The van der Waals surface area contributed by atoms with Gasteiger partial charge in [-0.05, 0) is 29.7 Å². The summed E-state index contributed by atoms with van der Waals surface area (Å²) in [6, 6.07) is 21.1. The van der Waals surface area contributed by atoms with E-state index in [1.807, 2.05) is 6.07 Å². The Morgan fingerprint density at radius 3 is 1.86 bits per heavy atom. The summed E-state index contributed by atoms with van der Waals surface area (Å²) in [7, 11) is 0. The number of benzene rings is 2. The largest absolute Gasteiger partial charge is 2.00 e. The molecule has 4 rings (SSSR count). The molecule has 0 heterocycles. The molecule has 0 aromatic heterocycles. The van der Waals surface area contributed by atoms with E-state index >= 15 is 0 Å². The van der Waals surface area contributed by atoms with Crippen molar-refractivity contribution < 1.29 is 31.2 Å². The van der Waals surface area contributed by atoms with E-state index in [1.165, 1.54) is 61.8 Å². The van der Waals surface area contributed by atoms with Crippen LogP contribution in [0.1, 0.15) is 76.2 Å². The minimum absolute atomic E-state index is 0. The second-order valence-corrected chi connectivity index (χ2v) is 9.69. The Morgan fingerprint density at radius 1 is 0.771 bits per heavy atom. The summed E-state index contributed by atoms with van der Waals surface area (Å²) in [5.74, 6) is 3.23. The van der Waals surface area contributed by atoms with Crippen LogP contribution in [0, 0.1) is 30.9 Å². The normalized spacial score (nSPS) is 18.9. The molecule has 3 nitrogen and oxygen atoms in total. The zero-order chi connectivity index (χ0) is 24.9. The maximum Gasteiger partial charge on any atom is 2.00 e. The number of ketones is 1. The van der Waals surface area contributed by atoms with Gasteiger partial charge in [-0.1, -0.05) is 124 Å². The molecule has 5 heteroatoms. The van der Waals surface area contributed by atoms with Gasteiger partial charge < -0.3 is 16.6 Å². The standard InChI is InChI=1S/C23H27OS.C5H10.2CO.Fe/c24-23-15-9-2-6-12-20(17-16-19-10-4-1-5-11-19)22(23)18-25-21-13-7-3-8-14-21;1-2-4-5-3-1;2*1-2;/h1,3-5,7-8,10-11,13-14,18,20,22H,2,6,9,12,15-17H2;1-5H2;;;/q-1;;;;+2/t20-,22-;;;;/m1..../s1. The molecule has 2 saturated carbocycles. The molecule has 2 aliphatic carbocycles. The third-order valence-corrected chi connectivity index (χ3v) is 7.34. The number of carbonyl (C=O) groups is 1. The maximum atomic E-state index is 12.8. The van der Waals surface area contributed by atoms with Crippen LogP contribution in [0.5, 0.6) is 0 Å². The monoisotopic (exact) mass is 533 g/mol. The van der Waals surface area contributed by atoms with E-state index < -0.39 is 0 Å². The van der Waals surface area contributed by atoms with Crippen molar-refractivity contribution >= 4 is 17.5 Å². The third-order valence-electron chi connectivity index (χ3n) is 6.37. The van der Waals surface area contributed by atoms with Crippen molar-refractivity contribution in [2.45, 2.75) is 81.9 Å². The second-order valence-electron chi connectivity index (χ2n) is 8.71. The molecule has 0 aliphatic heterocycles. The quantitative estimate of drug-likeness (QED) is 0.163. The summed E-state index contributed by atoms with van der Waals surface area (Å²) in [6.45, 7) is 9.00. The van der Waals surface area contributed by atoms with E-state index in [0.717, 1.165) is 25.7 Å². The van der Waals surface area contributed by atoms with Crippen molar-refractivity contribution in [2.75, 3.05) is 0 Å². The average molecular weight is 534 g/mol. The summed E-state index contributed by atoms with van der Waals surface area (Å²) < 4.78 is 15.0. The van der Waals surface area contributed by atoms with Crippen LogP contribution in [-0.2, 0) is 37.6 Å². The van der Waals surface area contributed by atoms with Gasteiger partial charge >= 0.3 is 39.7 Å². The van der Waals surface area contributed by atoms with Crippen molar-refractivity contribution in [3.05, 3.63) is 85.3 Å². The predicted molar refractivity (Wildman–Crippen MR) is 137 cm³/mol. The van der Waals surface area contributed by atoms with Gasteiger partial charge in [0.05, 0.1) is 0 Å². The minimum atomic E-state index is 0. The van der Waals surface area contributed by atoms with Crippen LogP contribution in [0.3, 0.4) is 0 Å². The molecule has 0 N–H and O–H groups in total. The van der Waals surface area contributed by atoms with Gasteiger partial charge in [-0.3, -0.25) is 5.75 Å². The smallest absolute Gasteiger partial charge is 2.00 e. The van der Waals surface area contributed by atoms with Crippen LogP contribution < -0.4 is 0 Å². The minimum Gasteiger partial charge on any atom is 2.00 e. The van der Waals surface area contributed by atoms with E-state index in [1.54, 1.807) is 11.8 Å². The van der Waals surface area contributed by atoms with Gasteiger partial charge in [0.15, 0.2) is 0 Å². The van der Waals surface area contributed by atoms with Gasteiger partial charge in [0.1, 0.15) is 5.78 Å². The molecular formula is C30H37FeO3S+. The Labute approximate surface area is 227 Å². The summed E-state index contributed by atoms with van der Waals surface area (Å²) in [6.07, 6.45) is 15.1. The molecule has 2 aliphatic rings. The molecule has 35 heavy (non-hydrogen) atoms. The summed E-state index contributed by atoms with van der Waals surface area (Å²) in [5.41, 5.74) is 1.38. The molecule has 2 aromatic rings. The van der Waals surface area contributed by atoms with Gasteiger partial charge in [0.25, 0.3) is 0 Å². The second kappa shape index (κ2) is 22.9. The van der Waals surface area contributed by atoms with Crippen molar-refractivity contribution in [1.82, 2.24) is 0 Å². The van der Waals surface area contributed by atoms with Crippen LogP contribution in [0.2, 0.25) is 0 Å². The zero-order valence-electron chi connectivity index (χ0n) is 20.5. The molecule has 0 spiro atoms. The van der Waals surface area contributed by atoms with Gasteiger partial charge in [-0.25, -0.2) is 0 Å². The first kappa shape index (κ1) is 33.5. The Kier molecular flexibility index (Phi) is 21.9. The van der Waals surface area contributed by atoms with Crippen LogP contribution in [0.25, 0.3) is 0 Å². The number of Topliss-reactive ketones (excluding diaryl/α,β-unsaturated/α-hetero) is 1. The zero-order valence-corrected chi connectivity index (χ0v) is 22.4. The fourth-order valence-corrected chi connectivity index (χ4v) is 5.53. The third kappa shape index (κ3) is 14.6. The molecule has 2 fully saturated rings. The first-order valence-corrected chi connectivity index (χ1v) is 13.2. The van der Waals surface area contributed by atoms with Gasteiger partial charge in [0.2, 0.25) is 0 Å². The number of aryl methyl sites for hydroxylation is 1. The Hall–Kier alpha value is -1.54. The average Bonchev–Trinajstić information content (AvgIpc) is 3.49. The number of hydrogen-bond acceptors (Lipinski definition) is 2. The molecular weight excluding hydrogens is 496 g/mol. The van der Waals surface area contributed by atoms with E-state index in [0.29, 0.717) is 11.7 Å². The summed E-state index contributed by atoms with van der Waals surface area (Å²) in [5, 5.41) is 0. The van der Waals surface area contributed by atoms with Crippen LogP contribution >= 0.6 is 11.8 Å². The van der Waals surface area contributed by atoms with E-state index in [4.69, 9.17) is 9.30 Å². The van der Waals surface area contributed by atoms with Crippen LogP contribution in [-0.4, -0.2) is 5.78 Å². The van der Waals surface area contributed by atoms with Crippen LogP contribution in [0.15, 0.2) is 65.6 Å². The first-order valence-electron chi connectivity index (χ1n) is 12.4. The van der Waals surface area contributed by atoms with Gasteiger partial charge in [-0.2, -0.15) is 0 Å². The van der Waals surface area contributed by atoms with Crippen molar-refractivity contribution in [3.8, 4) is 0 Å². The number of thioether (sulfide) groups is 1. The Balaban J connectivity index is 0.000000995. The molecule has 2 atom stereocenters. The molecule has 188 valence electrons. The summed E-state index contributed by atoms with van der Waals surface area (Å²) in [4.78, 5) is 14.0. The maximum absolute atomic E-state index is 12.8. The van der Waals surface area contributed by atoms with E-state index in [9.17, 15) is 4.79 Å². The Bertz CT molecular complexity index is 790. The number of carbonyl (C=O) groups excluding carboxylic acids is 1. The number of rotatable bonds is 6. The predicted octanol–water partition coefficient (Wildman–Crippen LogP) is 8.21. The molecule has 0 amide bonds. The van der Waals surface area contributed by atoms with Crippen LogP contribution in [0.4, 0.5) is 0 Å². The van der Waals surface area contributed by atoms with E-state index in [2.05, 4.69) is 73.7 Å². The van der Waals surface area contributed by atoms with Crippen molar-refractivity contribution in [2.24, 2.45) is 11.8 Å². The molecule has 2 aromatic carbocycles. The SMILES string of the molecule is C1CCCC1.O=C1CCCCC[C@H](CCc2ccccc2)[C@H]1[CH-]Sc1ccccc1.[C-]#[O+].[C-]#[O+].[Fe+2]. The number of hydrogen-bond donors (Lipinski definition) is 0. The molecule has 0 bridgehead atoms.